The number of esters is 1. The van der Waals surface area contributed by atoms with Crippen molar-refractivity contribution in [3.63, 3.8) is 0 Å². The summed E-state index contributed by atoms with van der Waals surface area (Å²) in [6, 6.07) is 6.12. The van der Waals surface area contributed by atoms with E-state index in [1.807, 2.05) is 25.1 Å². The van der Waals surface area contributed by atoms with Gasteiger partial charge in [0.2, 0.25) is 0 Å². The zero-order valence-electron chi connectivity index (χ0n) is 13.7. The SMILES string of the molecule is CCOC(=O)Cc1cc(C)ccc1CN1CCN(C(=O)O)CC1. The summed E-state index contributed by atoms with van der Waals surface area (Å²) < 4.78 is 5.05. The van der Waals surface area contributed by atoms with Crippen LogP contribution < -0.4 is 0 Å². The van der Waals surface area contributed by atoms with Gasteiger partial charge in [-0.3, -0.25) is 9.69 Å². The number of aryl methyl sites for hydroxylation is 1. The predicted octanol–water partition coefficient (Wildman–Crippen LogP) is 1.90. The molecule has 0 saturated carbocycles. The number of amides is 1. The number of ether oxygens (including phenoxy) is 1. The van der Waals surface area contributed by atoms with Gasteiger partial charge in [0.25, 0.3) is 0 Å². The first-order valence-corrected chi connectivity index (χ1v) is 7.94. The van der Waals surface area contributed by atoms with Gasteiger partial charge in [0.1, 0.15) is 0 Å². The highest BCUT2D eigenvalue weighted by Gasteiger charge is 2.21. The Morgan fingerprint density at radius 2 is 1.87 bits per heavy atom. The average Bonchev–Trinajstić information content (AvgIpc) is 2.50. The van der Waals surface area contributed by atoms with Gasteiger partial charge >= 0.3 is 12.1 Å². The highest BCUT2D eigenvalue weighted by molar-refractivity contribution is 5.73. The van der Waals surface area contributed by atoms with E-state index in [9.17, 15) is 9.59 Å². The second-order valence-electron chi connectivity index (χ2n) is 5.80. The van der Waals surface area contributed by atoms with E-state index >= 15 is 0 Å². The molecule has 2 rings (SSSR count). The van der Waals surface area contributed by atoms with Crippen LogP contribution in [-0.4, -0.2) is 59.8 Å². The van der Waals surface area contributed by atoms with E-state index in [1.165, 1.54) is 4.90 Å². The molecule has 1 heterocycles. The number of nitrogens with zero attached hydrogens (tertiary/aromatic N) is 2. The third-order valence-electron chi connectivity index (χ3n) is 4.04. The van der Waals surface area contributed by atoms with E-state index in [-0.39, 0.29) is 12.4 Å². The number of benzene rings is 1. The molecule has 1 aliphatic rings. The molecular weight excluding hydrogens is 296 g/mol. The third kappa shape index (κ3) is 4.96. The topological polar surface area (TPSA) is 70.1 Å². The van der Waals surface area contributed by atoms with Crippen LogP contribution in [0.4, 0.5) is 4.79 Å². The average molecular weight is 320 g/mol. The molecule has 1 fully saturated rings. The van der Waals surface area contributed by atoms with Crippen molar-refractivity contribution < 1.29 is 19.4 Å². The van der Waals surface area contributed by atoms with Gasteiger partial charge in [-0.15, -0.1) is 0 Å². The zero-order chi connectivity index (χ0) is 16.8. The van der Waals surface area contributed by atoms with Crippen molar-refractivity contribution >= 4 is 12.1 Å². The lowest BCUT2D eigenvalue weighted by atomic mass is 10.0. The van der Waals surface area contributed by atoms with Crippen LogP contribution in [0.15, 0.2) is 18.2 Å². The second-order valence-corrected chi connectivity index (χ2v) is 5.80. The lowest BCUT2D eigenvalue weighted by molar-refractivity contribution is -0.142. The molecule has 1 aromatic carbocycles. The molecule has 0 unspecified atom stereocenters. The fourth-order valence-electron chi connectivity index (χ4n) is 2.78. The van der Waals surface area contributed by atoms with Crippen molar-refractivity contribution in [3.8, 4) is 0 Å². The van der Waals surface area contributed by atoms with Gasteiger partial charge in [0.15, 0.2) is 0 Å². The number of piperazine rings is 1. The van der Waals surface area contributed by atoms with Crippen molar-refractivity contribution in [2.45, 2.75) is 26.8 Å². The molecule has 0 aromatic heterocycles. The van der Waals surface area contributed by atoms with E-state index in [0.717, 1.165) is 23.2 Å². The van der Waals surface area contributed by atoms with Crippen molar-refractivity contribution in [1.82, 2.24) is 9.80 Å². The summed E-state index contributed by atoms with van der Waals surface area (Å²) in [5.74, 6) is -0.213. The molecule has 0 aliphatic carbocycles. The Hall–Kier alpha value is -2.08. The lowest BCUT2D eigenvalue weighted by Crippen LogP contribution is -2.47. The van der Waals surface area contributed by atoms with Gasteiger partial charge in [0, 0.05) is 32.7 Å². The van der Waals surface area contributed by atoms with Gasteiger partial charge in [-0.1, -0.05) is 23.8 Å². The van der Waals surface area contributed by atoms with E-state index in [2.05, 4.69) is 4.90 Å². The highest BCUT2D eigenvalue weighted by Crippen LogP contribution is 2.17. The normalized spacial score (nSPS) is 15.5. The first-order valence-electron chi connectivity index (χ1n) is 7.94. The van der Waals surface area contributed by atoms with Crippen LogP contribution in [0, 0.1) is 6.92 Å². The maximum absolute atomic E-state index is 11.8. The number of hydrogen-bond acceptors (Lipinski definition) is 4. The molecule has 1 N–H and O–H groups in total. The van der Waals surface area contributed by atoms with Gasteiger partial charge < -0.3 is 14.7 Å². The summed E-state index contributed by atoms with van der Waals surface area (Å²) in [5, 5.41) is 8.99. The number of carboxylic acid groups (broad SMARTS) is 1. The summed E-state index contributed by atoms with van der Waals surface area (Å²) in [6.45, 7) is 7.38. The van der Waals surface area contributed by atoms with Gasteiger partial charge in [-0.05, 0) is 25.0 Å². The molecule has 23 heavy (non-hydrogen) atoms. The van der Waals surface area contributed by atoms with Crippen LogP contribution in [-0.2, 0) is 22.5 Å². The van der Waals surface area contributed by atoms with Crippen molar-refractivity contribution in [3.05, 3.63) is 34.9 Å². The summed E-state index contributed by atoms with van der Waals surface area (Å²) >= 11 is 0. The molecule has 1 aliphatic heterocycles. The highest BCUT2D eigenvalue weighted by atomic mass is 16.5. The minimum Gasteiger partial charge on any atom is -0.466 e. The van der Waals surface area contributed by atoms with Gasteiger partial charge in [0.05, 0.1) is 13.0 Å². The van der Waals surface area contributed by atoms with Crippen LogP contribution in [0.5, 0.6) is 0 Å². The van der Waals surface area contributed by atoms with E-state index < -0.39 is 6.09 Å². The van der Waals surface area contributed by atoms with E-state index in [4.69, 9.17) is 9.84 Å². The number of carbonyl (C=O) groups is 2. The summed E-state index contributed by atoms with van der Waals surface area (Å²) in [6.07, 6.45) is -0.581. The first-order chi connectivity index (χ1) is 11.0. The smallest absolute Gasteiger partial charge is 0.407 e. The van der Waals surface area contributed by atoms with Crippen molar-refractivity contribution in [2.75, 3.05) is 32.8 Å². The summed E-state index contributed by atoms with van der Waals surface area (Å²) in [4.78, 5) is 26.4. The fraction of sp³-hybridized carbons (Fsp3) is 0.529. The Labute approximate surface area is 136 Å². The second kappa shape index (κ2) is 7.97. The molecule has 1 saturated heterocycles. The number of rotatable bonds is 5. The predicted molar refractivity (Wildman–Crippen MR) is 86.4 cm³/mol. The Balaban J connectivity index is 2.02. The number of hydrogen-bond donors (Lipinski definition) is 1. The first kappa shape index (κ1) is 17.3. The van der Waals surface area contributed by atoms with E-state index in [1.54, 1.807) is 6.92 Å². The van der Waals surface area contributed by atoms with Crippen molar-refractivity contribution in [2.24, 2.45) is 0 Å². The standard InChI is InChI=1S/C17H24N2O4/c1-3-23-16(20)11-15-10-13(2)4-5-14(15)12-18-6-8-19(9-7-18)17(21)22/h4-5,10H,3,6-9,11-12H2,1-2H3,(H,21,22). The molecule has 1 aromatic rings. The lowest BCUT2D eigenvalue weighted by Gasteiger charge is -2.33. The van der Waals surface area contributed by atoms with Crippen LogP contribution in [0.3, 0.4) is 0 Å². The molecule has 0 spiro atoms. The largest absolute Gasteiger partial charge is 0.466 e. The third-order valence-corrected chi connectivity index (χ3v) is 4.04. The monoisotopic (exact) mass is 320 g/mol. The van der Waals surface area contributed by atoms with Crippen LogP contribution in [0.25, 0.3) is 0 Å². The quantitative estimate of drug-likeness (QED) is 0.839. The zero-order valence-corrected chi connectivity index (χ0v) is 13.7. The summed E-state index contributed by atoms with van der Waals surface area (Å²) in [5.41, 5.74) is 3.21. The molecule has 1 amide bonds. The Morgan fingerprint density at radius 3 is 2.48 bits per heavy atom. The molecule has 0 radical (unpaired) electrons. The Kier molecular flexibility index (Phi) is 5.98. The molecule has 6 heteroatoms. The Morgan fingerprint density at radius 1 is 1.17 bits per heavy atom. The van der Waals surface area contributed by atoms with Crippen molar-refractivity contribution in [1.29, 1.82) is 0 Å². The maximum atomic E-state index is 11.8. The molecular formula is C17H24N2O4. The minimum absolute atomic E-state index is 0.213. The van der Waals surface area contributed by atoms with E-state index in [0.29, 0.717) is 32.8 Å². The fourth-order valence-corrected chi connectivity index (χ4v) is 2.78. The minimum atomic E-state index is -0.858. The van der Waals surface area contributed by atoms with Gasteiger partial charge in [-0.2, -0.15) is 0 Å². The molecule has 6 nitrogen and oxygen atoms in total. The van der Waals surface area contributed by atoms with Crippen LogP contribution in [0.1, 0.15) is 23.6 Å². The van der Waals surface area contributed by atoms with Crippen LogP contribution >= 0.6 is 0 Å². The maximum Gasteiger partial charge on any atom is 0.407 e. The molecule has 0 bridgehead atoms. The van der Waals surface area contributed by atoms with Crippen LogP contribution in [0.2, 0.25) is 0 Å². The van der Waals surface area contributed by atoms with Gasteiger partial charge in [-0.25, -0.2) is 4.79 Å². The number of carbonyl (C=O) groups excluding carboxylic acids is 1. The molecule has 126 valence electrons. The Bertz CT molecular complexity index is 566. The summed E-state index contributed by atoms with van der Waals surface area (Å²) in [7, 11) is 0. The molecule has 0 atom stereocenters.